The van der Waals surface area contributed by atoms with Crippen LogP contribution in [0.3, 0.4) is 0 Å². The molecule has 0 bridgehead atoms. The van der Waals surface area contributed by atoms with E-state index in [-0.39, 0.29) is 33.9 Å². The SMILES string of the molecule is CC(=O)c1cccc(C(=O)O)c1N.O=C(O)c1ccccc1O. The minimum Gasteiger partial charge on any atom is -0.507 e. The second-order valence-corrected chi connectivity index (χ2v) is 4.45. The molecule has 23 heavy (non-hydrogen) atoms. The number of phenols is 1. The van der Waals surface area contributed by atoms with Gasteiger partial charge in [0.05, 0.1) is 11.3 Å². The number of rotatable bonds is 3. The summed E-state index contributed by atoms with van der Waals surface area (Å²) in [5, 5.41) is 26.0. The summed E-state index contributed by atoms with van der Waals surface area (Å²) in [5.41, 5.74) is 5.66. The number of hydrogen-bond acceptors (Lipinski definition) is 5. The molecule has 0 aromatic heterocycles. The van der Waals surface area contributed by atoms with Gasteiger partial charge >= 0.3 is 11.9 Å². The Bertz CT molecular complexity index is 722. The minimum atomic E-state index is -1.12. The zero-order chi connectivity index (χ0) is 17.6. The van der Waals surface area contributed by atoms with Gasteiger partial charge in [0, 0.05) is 5.56 Å². The third kappa shape index (κ3) is 4.57. The molecule has 0 saturated carbocycles. The van der Waals surface area contributed by atoms with Gasteiger partial charge in [-0.15, -0.1) is 0 Å². The third-order valence-electron chi connectivity index (χ3n) is 2.85. The molecule has 0 unspecified atom stereocenters. The number of carboxylic acid groups (broad SMARTS) is 2. The van der Waals surface area contributed by atoms with E-state index in [1.807, 2.05) is 0 Å². The number of carbonyl (C=O) groups is 3. The fourth-order valence-electron chi connectivity index (χ4n) is 1.71. The van der Waals surface area contributed by atoms with E-state index in [0.29, 0.717) is 0 Å². The maximum Gasteiger partial charge on any atom is 0.339 e. The lowest BCUT2D eigenvalue weighted by molar-refractivity contribution is 0.0684. The van der Waals surface area contributed by atoms with Crippen molar-refractivity contribution in [3.05, 3.63) is 59.2 Å². The molecule has 0 aliphatic rings. The van der Waals surface area contributed by atoms with Gasteiger partial charge in [0.2, 0.25) is 0 Å². The van der Waals surface area contributed by atoms with Crippen LogP contribution in [0.2, 0.25) is 0 Å². The minimum absolute atomic E-state index is 0.0301. The van der Waals surface area contributed by atoms with Crippen molar-refractivity contribution in [1.29, 1.82) is 0 Å². The van der Waals surface area contributed by atoms with Crippen LogP contribution in [0.15, 0.2) is 42.5 Å². The first-order valence-corrected chi connectivity index (χ1v) is 6.39. The molecular weight excluding hydrogens is 302 g/mol. The van der Waals surface area contributed by atoms with E-state index in [2.05, 4.69) is 0 Å². The Kier molecular flexibility index (Phi) is 5.85. The average Bonchev–Trinajstić information content (AvgIpc) is 2.47. The lowest BCUT2D eigenvalue weighted by Gasteiger charge is -2.04. The molecule has 7 nitrogen and oxygen atoms in total. The molecule has 0 fully saturated rings. The van der Waals surface area contributed by atoms with E-state index in [4.69, 9.17) is 21.1 Å². The van der Waals surface area contributed by atoms with E-state index < -0.39 is 11.9 Å². The second kappa shape index (κ2) is 7.60. The summed E-state index contributed by atoms with van der Waals surface area (Å²) in [6, 6.07) is 10.2. The summed E-state index contributed by atoms with van der Waals surface area (Å²) in [6.07, 6.45) is 0. The summed E-state index contributed by atoms with van der Waals surface area (Å²) < 4.78 is 0. The Hall–Kier alpha value is -3.35. The van der Waals surface area contributed by atoms with E-state index >= 15 is 0 Å². The largest absolute Gasteiger partial charge is 0.507 e. The highest BCUT2D eigenvalue weighted by Gasteiger charge is 2.12. The Labute approximate surface area is 131 Å². The monoisotopic (exact) mass is 317 g/mol. The summed E-state index contributed by atoms with van der Waals surface area (Å²) in [6.45, 7) is 1.34. The molecule has 0 saturated heterocycles. The van der Waals surface area contributed by atoms with Gasteiger partial charge in [0.15, 0.2) is 5.78 Å². The molecule has 120 valence electrons. The molecule has 0 radical (unpaired) electrons. The number of carbonyl (C=O) groups excluding carboxylic acids is 1. The molecule has 0 aliphatic carbocycles. The average molecular weight is 317 g/mol. The zero-order valence-corrected chi connectivity index (χ0v) is 12.2. The van der Waals surface area contributed by atoms with E-state index in [1.165, 1.54) is 37.3 Å². The predicted molar refractivity (Wildman–Crippen MR) is 82.9 cm³/mol. The van der Waals surface area contributed by atoms with Gasteiger partial charge in [-0.1, -0.05) is 18.2 Å². The van der Waals surface area contributed by atoms with Gasteiger partial charge in [-0.05, 0) is 31.2 Å². The van der Waals surface area contributed by atoms with Crippen molar-refractivity contribution >= 4 is 23.4 Å². The van der Waals surface area contributed by atoms with Crippen molar-refractivity contribution in [2.45, 2.75) is 6.92 Å². The first kappa shape index (κ1) is 17.7. The summed E-state index contributed by atoms with van der Waals surface area (Å²) >= 11 is 0. The number of anilines is 1. The normalized spacial score (nSPS) is 9.43. The standard InChI is InChI=1S/C9H9NO3.C7H6O3/c1-5(11)6-3-2-4-7(8(6)10)9(12)13;8-6-4-2-1-3-5(6)7(9)10/h2-4H,10H2,1H3,(H,12,13);1-4,8H,(H,9,10). The molecule has 2 rings (SSSR count). The molecule has 0 amide bonds. The van der Waals surface area contributed by atoms with Gasteiger partial charge in [-0.2, -0.15) is 0 Å². The second-order valence-electron chi connectivity index (χ2n) is 4.45. The topological polar surface area (TPSA) is 138 Å². The number of nitrogens with two attached hydrogens (primary N) is 1. The van der Waals surface area contributed by atoms with Crippen molar-refractivity contribution in [1.82, 2.24) is 0 Å². The predicted octanol–water partition coefficient (Wildman–Crippen LogP) is 2.26. The molecule has 5 N–H and O–H groups in total. The highest BCUT2D eigenvalue weighted by molar-refractivity contribution is 6.05. The van der Waals surface area contributed by atoms with Crippen LogP contribution in [0.4, 0.5) is 5.69 Å². The van der Waals surface area contributed by atoms with Crippen LogP contribution in [0.5, 0.6) is 5.75 Å². The quantitative estimate of drug-likeness (QED) is 0.503. The molecular formula is C16H15NO6. The molecule has 7 heteroatoms. The smallest absolute Gasteiger partial charge is 0.339 e. The number of para-hydroxylation sites is 2. The summed E-state index contributed by atoms with van der Waals surface area (Å²) in [7, 11) is 0. The van der Waals surface area contributed by atoms with Crippen LogP contribution in [-0.4, -0.2) is 33.0 Å². The Balaban J connectivity index is 0.000000238. The lowest BCUT2D eigenvalue weighted by atomic mass is 10.0. The van der Waals surface area contributed by atoms with Crippen LogP contribution >= 0.6 is 0 Å². The highest BCUT2D eigenvalue weighted by Crippen LogP contribution is 2.17. The van der Waals surface area contributed by atoms with E-state index in [0.717, 1.165) is 0 Å². The van der Waals surface area contributed by atoms with Crippen LogP contribution in [0.25, 0.3) is 0 Å². The number of nitrogen functional groups attached to an aromatic ring is 1. The molecule has 0 atom stereocenters. The van der Waals surface area contributed by atoms with Crippen LogP contribution < -0.4 is 5.73 Å². The Morgan fingerprint density at radius 3 is 1.74 bits per heavy atom. The van der Waals surface area contributed by atoms with Gasteiger partial charge in [0.25, 0.3) is 0 Å². The first-order valence-electron chi connectivity index (χ1n) is 6.39. The van der Waals surface area contributed by atoms with E-state index in [1.54, 1.807) is 12.1 Å². The number of benzene rings is 2. The van der Waals surface area contributed by atoms with Crippen molar-refractivity contribution in [3.63, 3.8) is 0 Å². The zero-order valence-electron chi connectivity index (χ0n) is 12.2. The van der Waals surface area contributed by atoms with Crippen LogP contribution in [0.1, 0.15) is 38.0 Å². The van der Waals surface area contributed by atoms with E-state index in [9.17, 15) is 14.4 Å². The molecule has 0 spiro atoms. The molecule has 2 aromatic rings. The van der Waals surface area contributed by atoms with Crippen molar-refractivity contribution < 1.29 is 29.7 Å². The van der Waals surface area contributed by atoms with Crippen molar-refractivity contribution in [3.8, 4) is 5.75 Å². The Morgan fingerprint density at radius 2 is 1.30 bits per heavy atom. The van der Waals surface area contributed by atoms with Gasteiger partial charge in [-0.25, -0.2) is 9.59 Å². The lowest BCUT2D eigenvalue weighted by Crippen LogP contribution is -2.07. The number of carboxylic acids is 2. The van der Waals surface area contributed by atoms with Crippen molar-refractivity contribution in [2.75, 3.05) is 5.73 Å². The first-order chi connectivity index (χ1) is 10.8. The molecule has 0 aliphatic heterocycles. The molecule has 0 heterocycles. The maximum atomic E-state index is 11.0. The van der Waals surface area contributed by atoms with Crippen LogP contribution in [-0.2, 0) is 0 Å². The fourth-order valence-corrected chi connectivity index (χ4v) is 1.71. The van der Waals surface area contributed by atoms with Crippen LogP contribution in [0, 0.1) is 0 Å². The Morgan fingerprint density at radius 1 is 0.826 bits per heavy atom. The summed E-state index contributed by atoms with van der Waals surface area (Å²) in [5.74, 6) is -2.67. The van der Waals surface area contributed by atoms with Gasteiger partial charge in [0.1, 0.15) is 11.3 Å². The number of aromatic hydroxyl groups is 1. The number of hydrogen-bond donors (Lipinski definition) is 4. The van der Waals surface area contributed by atoms with Crippen molar-refractivity contribution in [2.24, 2.45) is 0 Å². The maximum absolute atomic E-state index is 11.0. The molecule has 2 aromatic carbocycles. The fraction of sp³-hybridized carbons (Fsp3) is 0.0625. The number of ketones is 1. The van der Waals surface area contributed by atoms with Gasteiger partial charge in [-0.3, -0.25) is 4.79 Å². The highest BCUT2D eigenvalue weighted by atomic mass is 16.4. The number of aromatic carboxylic acids is 2. The number of Topliss-reactive ketones (excluding diaryl/α,β-unsaturated/α-hetero) is 1. The third-order valence-corrected chi connectivity index (χ3v) is 2.85. The van der Waals surface area contributed by atoms with Gasteiger partial charge < -0.3 is 21.1 Å². The summed E-state index contributed by atoms with van der Waals surface area (Å²) in [4.78, 5) is 31.8.